The number of rotatable bonds is 4. The molecule has 26 heavy (non-hydrogen) atoms. The fourth-order valence-corrected chi connectivity index (χ4v) is 3.74. The molecule has 140 valence electrons. The predicted molar refractivity (Wildman–Crippen MR) is 98.7 cm³/mol. The third kappa shape index (κ3) is 3.67. The Bertz CT molecular complexity index is 905. The Kier molecular flexibility index (Phi) is 4.90. The van der Waals surface area contributed by atoms with E-state index < -0.39 is 10.0 Å². The summed E-state index contributed by atoms with van der Waals surface area (Å²) in [5, 5.41) is 0. The molecule has 0 atom stereocenters. The van der Waals surface area contributed by atoms with Gasteiger partial charge in [0.25, 0.3) is 10.0 Å². The molecule has 2 heterocycles. The van der Waals surface area contributed by atoms with E-state index in [1.807, 2.05) is 14.1 Å². The van der Waals surface area contributed by atoms with Crippen molar-refractivity contribution in [2.24, 2.45) is 0 Å². The number of fused-ring (bicyclic) bond motifs is 1. The minimum Gasteiger partial charge on any atom is -0.490 e. The van der Waals surface area contributed by atoms with Gasteiger partial charge in [0.05, 0.1) is 35.2 Å². The second-order valence-corrected chi connectivity index (χ2v) is 7.91. The lowest BCUT2D eigenvalue weighted by atomic mass is 10.3. The maximum absolute atomic E-state index is 12.8. The lowest BCUT2D eigenvalue weighted by Crippen LogP contribution is -2.19. The molecule has 8 nitrogen and oxygen atoms in total. The molecule has 1 aromatic carbocycles. The first-order chi connectivity index (χ1) is 12.3. The molecule has 9 heteroatoms. The molecular formula is C17H22N4O4S. The molecule has 0 spiro atoms. The van der Waals surface area contributed by atoms with E-state index in [1.165, 1.54) is 12.1 Å². The summed E-state index contributed by atoms with van der Waals surface area (Å²) in [5.41, 5.74) is 1.49. The van der Waals surface area contributed by atoms with Crippen LogP contribution in [-0.4, -0.2) is 45.7 Å². The average Bonchev–Trinajstić information content (AvgIpc) is 2.82. The molecule has 0 saturated heterocycles. The van der Waals surface area contributed by atoms with Gasteiger partial charge >= 0.3 is 0 Å². The second-order valence-electron chi connectivity index (χ2n) is 6.23. The quantitative estimate of drug-likeness (QED) is 0.871. The largest absolute Gasteiger partial charge is 0.490 e. The van der Waals surface area contributed by atoms with Crippen molar-refractivity contribution < 1.29 is 17.9 Å². The first-order valence-electron chi connectivity index (χ1n) is 8.23. The van der Waals surface area contributed by atoms with Crippen molar-refractivity contribution in [1.29, 1.82) is 0 Å². The second kappa shape index (κ2) is 6.99. The highest BCUT2D eigenvalue weighted by Crippen LogP contribution is 2.33. The molecule has 1 N–H and O–H groups in total. The van der Waals surface area contributed by atoms with Gasteiger partial charge in [-0.05, 0) is 26.0 Å². The van der Waals surface area contributed by atoms with Crippen molar-refractivity contribution in [1.82, 2.24) is 9.97 Å². The fourth-order valence-electron chi connectivity index (χ4n) is 2.55. The number of anilines is 2. The van der Waals surface area contributed by atoms with Crippen LogP contribution in [0.15, 0.2) is 23.1 Å². The summed E-state index contributed by atoms with van der Waals surface area (Å²) >= 11 is 0. The number of hydrogen-bond acceptors (Lipinski definition) is 7. The van der Waals surface area contributed by atoms with E-state index in [0.29, 0.717) is 47.7 Å². The molecule has 0 aliphatic carbocycles. The summed E-state index contributed by atoms with van der Waals surface area (Å²) in [7, 11) is -0.158. The summed E-state index contributed by atoms with van der Waals surface area (Å²) in [5.74, 6) is 1.50. The number of hydrogen-bond donors (Lipinski definition) is 1. The van der Waals surface area contributed by atoms with Gasteiger partial charge in [-0.2, -0.15) is 0 Å². The number of ether oxygens (including phenoxy) is 2. The van der Waals surface area contributed by atoms with E-state index in [9.17, 15) is 8.42 Å². The van der Waals surface area contributed by atoms with Crippen LogP contribution in [-0.2, 0) is 10.0 Å². The highest BCUT2D eigenvalue weighted by Gasteiger charge is 2.21. The first-order valence-corrected chi connectivity index (χ1v) is 9.71. The lowest BCUT2D eigenvalue weighted by molar-refractivity contribution is 0.297. The number of nitrogens with zero attached hydrogens (tertiary/aromatic N) is 3. The van der Waals surface area contributed by atoms with Crippen LogP contribution in [0.25, 0.3) is 0 Å². The fraction of sp³-hybridized carbons (Fsp3) is 0.412. The van der Waals surface area contributed by atoms with Crippen LogP contribution in [0.2, 0.25) is 0 Å². The molecule has 3 rings (SSSR count). The van der Waals surface area contributed by atoms with Crippen LogP contribution >= 0.6 is 0 Å². The van der Waals surface area contributed by atoms with Gasteiger partial charge in [0.15, 0.2) is 11.5 Å². The molecule has 1 aliphatic rings. The number of sulfonamides is 1. The minimum atomic E-state index is -3.82. The molecule has 2 aromatic rings. The zero-order valence-corrected chi connectivity index (χ0v) is 16.1. The predicted octanol–water partition coefficient (Wildman–Crippen LogP) is 2.12. The van der Waals surface area contributed by atoms with E-state index in [-0.39, 0.29) is 4.90 Å². The Labute approximate surface area is 153 Å². The van der Waals surface area contributed by atoms with Gasteiger partial charge in [0, 0.05) is 26.6 Å². The standard InChI is InChI=1S/C17H22N4O4S/c1-11-16(12(2)19-17(18-11)21(3)4)20-26(22,23)13-6-7-14-15(10-13)25-9-5-8-24-14/h6-7,10,20H,5,8-9H2,1-4H3. The number of nitrogens with one attached hydrogen (secondary N) is 1. The van der Waals surface area contributed by atoms with Crippen molar-refractivity contribution in [2.45, 2.75) is 25.2 Å². The number of aryl methyl sites for hydroxylation is 2. The van der Waals surface area contributed by atoms with Crippen molar-refractivity contribution in [3.8, 4) is 11.5 Å². The molecule has 0 fully saturated rings. The Hall–Kier alpha value is -2.55. The zero-order valence-electron chi connectivity index (χ0n) is 15.2. The van der Waals surface area contributed by atoms with Gasteiger partial charge < -0.3 is 14.4 Å². The SMILES string of the molecule is Cc1nc(N(C)C)nc(C)c1NS(=O)(=O)c1ccc2c(c1)OCCCO2. The monoisotopic (exact) mass is 378 g/mol. The lowest BCUT2D eigenvalue weighted by Gasteiger charge is -2.17. The molecule has 1 aliphatic heterocycles. The Morgan fingerprint density at radius 1 is 1.04 bits per heavy atom. The van der Waals surface area contributed by atoms with E-state index in [4.69, 9.17) is 9.47 Å². The Morgan fingerprint density at radius 2 is 1.65 bits per heavy atom. The minimum absolute atomic E-state index is 0.0947. The van der Waals surface area contributed by atoms with Crippen LogP contribution < -0.4 is 19.1 Å². The van der Waals surface area contributed by atoms with Crippen LogP contribution in [0, 0.1) is 13.8 Å². The summed E-state index contributed by atoms with van der Waals surface area (Å²) < 4.78 is 39.4. The molecular weight excluding hydrogens is 356 g/mol. The van der Waals surface area contributed by atoms with Gasteiger partial charge in [-0.1, -0.05) is 0 Å². The topological polar surface area (TPSA) is 93.7 Å². The molecule has 0 saturated carbocycles. The normalized spacial score (nSPS) is 13.8. The highest BCUT2D eigenvalue weighted by atomic mass is 32.2. The van der Waals surface area contributed by atoms with Gasteiger partial charge in [-0.3, -0.25) is 4.72 Å². The van der Waals surface area contributed by atoms with E-state index in [1.54, 1.807) is 24.8 Å². The summed E-state index contributed by atoms with van der Waals surface area (Å²) in [6.45, 7) is 4.52. The summed E-state index contributed by atoms with van der Waals surface area (Å²) in [6, 6.07) is 4.58. The molecule has 1 aromatic heterocycles. The summed E-state index contributed by atoms with van der Waals surface area (Å²) in [4.78, 5) is 10.5. The number of aromatic nitrogens is 2. The van der Waals surface area contributed by atoms with Gasteiger partial charge in [-0.25, -0.2) is 18.4 Å². The molecule has 0 radical (unpaired) electrons. The molecule has 0 amide bonds. The molecule has 0 bridgehead atoms. The van der Waals surface area contributed by atoms with Crippen LogP contribution in [0.3, 0.4) is 0 Å². The van der Waals surface area contributed by atoms with E-state index in [0.717, 1.165) is 6.42 Å². The van der Waals surface area contributed by atoms with Crippen LogP contribution in [0.1, 0.15) is 17.8 Å². The summed E-state index contributed by atoms with van der Waals surface area (Å²) in [6.07, 6.45) is 0.753. The van der Waals surface area contributed by atoms with Gasteiger partial charge in [0.2, 0.25) is 5.95 Å². The van der Waals surface area contributed by atoms with Crippen LogP contribution in [0.4, 0.5) is 11.6 Å². The third-order valence-corrected chi connectivity index (χ3v) is 5.27. The Morgan fingerprint density at radius 3 is 2.27 bits per heavy atom. The van der Waals surface area contributed by atoms with Gasteiger partial charge in [-0.15, -0.1) is 0 Å². The third-order valence-electron chi connectivity index (χ3n) is 3.92. The van der Waals surface area contributed by atoms with Gasteiger partial charge in [0.1, 0.15) is 0 Å². The first kappa shape index (κ1) is 18.2. The van der Waals surface area contributed by atoms with E-state index >= 15 is 0 Å². The highest BCUT2D eigenvalue weighted by molar-refractivity contribution is 7.92. The average molecular weight is 378 g/mol. The smallest absolute Gasteiger partial charge is 0.262 e. The van der Waals surface area contributed by atoms with E-state index in [2.05, 4.69) is 14.7 Å². The van der Waals surface area contributed by atoms with Crippen molar-refractivity contribution in [3.05, 3.63) is 29.6 Å². The van der Waals surface area contributed by atoms with Crippen molar-refractivity contribution in [3.63, 3.8) is 0 Å². The Balaban J connectivity index is 1.94. The zero-order chi connectivity index (χ0) is 18.9. The number of benzene rings is 1. The van der Waals surface area contributed by atoms with Crippen molar-refractivity contribution >= 4 is 21.7 Å². The maximum atomic E-state index is 12.8. The van der Waals surface area contributed by atoms with Crippen molar-refractivity contribution in [2.75, 3.05) is 36.9 Å². The molecule has 0 unspecified atom stereocenters. The van der Waals surface area contributed by atoms with Crippen LogP contribution in [0.5, 0.6) is 11.5 Å². The maximum Gasteiger partial charge on any atom is 0.262 e.